The van der Waals surface area contributed by atoms with Gasteiger partial charge in [-0.2, -0.15) is 0 Å². The number of carbonyl (C=O) groups is 2. The predicted octanol–water partition coefficient (Wildman–Crippen LogP) is 13.4. The summed E-state index contributed by atoms with van der Waals surface area (Å²) >= 11 is 0. The van der Waals surface area contributed by atoms with Crippen molar-refractivity contribution in [1.29, 1.82) is 0 Å². The van der Waals surface area contributed by atoms with Crippen LogP contribution in [0, 0.1) is 0 Å². The van der Waals surface area contributed by atoms with Crippen molar-refractivity contribution in [2.45, 2.75) is 270 Å². The van der Waals surface area contributed by atoms with Crippen LogP contribution in [0.2, 0.25) is 0 Å². The Kier molecular flexibility index (Phi) is 40.7. The summed E-state index contributed by atoms with van der Waals surface area (Å²) in [5.41, 5.74) is 0. The number of aliphatic hydroxyl groups is 2. The van der Waals surface area contributed by atoms with E-state index in [0.29, 0.717) is 19.3 Å². The molecule has 0 bridgehead atoms. The lowest BCUT2D eigenvalue weighted by molar-refractivity contribution is -0.151. The summed E-state index contributed by atoms with van der Waals surface area (Å²) in [6, 6.07) is -0.693. The maximum Gasteiger partial charge on any atom is 0.306 e. The summed E-state index contributed by atoms with van der Waals surface area (Å²) in [5.74, 6) is -0.475. The van der Waals surface area contributed by atoms with Crippen LogP contribution in [0.25, 0.3) is 0 Å². The average molecular weight is 750 g/mol. The fraction of sp³-hybridized carbons (Fsp3) is 0.915. The van der Waals surface area contributed by atoms with Gasteiger partial charge < -0.3 is 20.3 Å². The molecule has 0 aromatic rings. The minimum absolute atomic E-state index is 0.0798. The van der Waals surface area contributed by atoms with E-state index < -0.39 is 18.2 Å². The standard InChI is InChI=1S/C47H91NO5/c1-4-7-10-13-16-19-20-21-22-23-24-25-28-31-34-37-40-47(52)53-43(38-35-32-29-26-17-14-11-8-5-2)41-46(51)48-44(42-49)45(50)39-36-33-30-27-18-15-12-9-6-3/h22-23,43-45,49-50H,4-21,24-42H2,1-3H3,(H,48,51)/b23-22+. The van der Waals surface area contributed by atoms with E-state index in [2.05, 4.69) is 38.2 Å². The van der Waals surface area contributed by atoms with Gasteiger partial charge in [-0.25, -0.2) is 0 Å². The monoisotopic (exact) mass is 750 g/mol. The summed E-state index contributed by atoms with van der Waals surface area (Å²) < 4.78 is 5.89. The van der Waals surface area contributed by atoms with E-state index in [1.807, 2.05) is 0 Å². The SMILES string of the molecule is CCCCCCCCC/C=C/CCCCCCCC(=O)OC(CCCCCCCCCCC)CC(=O)NC(CO)C(O)CCCCCCCCCCC. The van der Waals surface area contributed by atoms with Crippen molar-refractivity contribution in [3.05, 3.63) is 12.2 Å². The van der Waals surface area contributed by atoms with Crippen molar-refractivity contribution in [2.75, 3.05) is 6.61 Å². The van der Waals surface area contributed by atoms with Crippen LogP contribution in [-0.2, 0) is 14.3 Å². The number of rotatable bonds is 42. The summed E-state index contributed by atoms with van der Waals surface area (Å²) in [6.07, 6.45) is 44.2. The molecule has 0 aromatic heterocycles. The number of amides is 1. The number of hydrogen-bond acceptors (Lipinski definition) is 5. The number of unbranched alkanes of at least 4 members (excludes halogenated alkanes) is 28. The minimum atomic E-state index is -0.780. The highest BCUT2D eigenvalue weighted by atomic mass is 16.5. The normalized spacial score (nSPS) is 13.4. The number of nitrogens with one attached hydrogen (secondary N) is 1. The van der Waals surface area contributed by atoms with Crippen LogP contribution in [0.15, 0.2) is 12.2 Å². The van der Waals surface area contributed by atoms with Gasteiger partial charge in [0.25, 0.3) is 0 Å². The molecule has 53 heavy (non-hydrogen) atoms. The van der Waals surface area contributed by atoms with Gasteiger partial charge in [0.05, 0.1) is 25.2 Å². The molecule has 0 spiro atoms. The third-order valence-corrected chi connectivity index (χ3v) is 10.8. The van der Waals surface area contributed by atoms with E-state index in [1.165, 1.54) is 148 Å². The highest BCUT2D eigenvalue weighted by Gasteiger charge is 2.24. The number of esters is 1. The Morgan fingerprint density at radius 1 is 0.528 bits per heavy atom. The lowest BCUT2D eigenvalue weighted by Crippen LogP contribution is -2.46. The van der Waals surface area contributed by atoms with Crippen molar-refractivity contribution >= 4 is 11.9 Å². The Hall–Kier alpha value is -1.40. The lowest BCUT2D eigenvalue weighted by Gasteiger charge is -2.24. The third-order valence-electron chi connectivity index (χ3n) is 10.8. The molecule has 0 aliphatic heterocycles. The first-order valence-electron chi connectivity index (χ1n) is 23.4. The quantitative estimate of drug-likeness (QED) is 0.0328. The number of aliphatic hydroxyl groups excluding tert-OH is 2. The molecule has 0 aliphatic carbocycles. The van der Waals surface area contributed by atoms with Gasteiger partial charge in [0.1, 0.15) is 6.10 Å². The maximum atomic E-state index is 13.1. The first kappa shape index (κ1) is 51.6. The van der Waals surface area contributed by atoms with Crippen LogP contribution in [0.1, 0.15) is 252 Å². The van der Waals surface area contributed by atoms with E-state index in [0.717, 1.165) is 57.8 Å². The number of ether oxygens (including phenoxy) is 1. The molecule has 6 heteroatoms. The largest absolute Gasteiger partial charge is 0.462 e. The molecule has 0 aromatic carbocycles. The van der Waals surface area contributed by atoms with Crippen LogP contribution < -0.4 is 5.32 Å². The molecule has 6 nitrogen and oxygen atoms in total. The second-order valence-electron chi connectivity index (χ2n) is 16.2. The molecule has 3 N–H and O–H groups in total. The number of carbonyl (C=O) groups excluding carboxylic acids is 2. The molecule has 0 fully saturated rings. The molecule has 3 atom stereocenters. The van der Waals surface area contributed by atoms with Gasteiger partial charge in [-0.05, 0) is 51.4 Å². The molecule has 0 rings (SSSR count). The first-order valence-corrected chi connectivity index (χ1v) is 23.4. The van der Waals surface area contributed by atoms with E-state index in [4.69, 9.17) is 4.74 Å². The highest BCUT2D eigenvalue weighted by Crippen LogP contribution is 2.18. The summed E-state index contributed by atoms with van der Waals surface area (Å²) in [5, 5.41) is 23.6. The molecule has 3 unspecified atom stereocenters. The van der Waals surface area contributed by atoms with Crippen molar-refractivity contribution in [3.63, 3.8) is 0 Å². The molecule has 0 aliphatic rings. The van der Waals surface area contributed by atoms with Gasteiger partial charge in [0, 0.05) is 6.42 Å². The van der Waals surface area contributed by atoms with Crippen LogP contribution >= 0.6 is 0 Å². The second kappa shape index (κ2) is 41.8. The second-order valence-corrected chi connectivity index (χ2v) is 16.2. The van der Waals surface area contributed by atoms with Gasteiger partial charge >= 0.3 is 5.97 Å². The zero-order valence-corrected chi connectivity index (χ0v) is 35.7. The molecule has 1 amide bonds. The van der Waals surface area contributed by atoms with Gasteiger partial charge in [-0.15, -0.1) is 0 Å². The molecule has 0 radical (unpaired) electrons. The van der Waals surface area contributed by atoms with Crippen molar-refractivity contribution in [2.24, 2.45) is 0 Å². The Labute approximate surface area is 329 Å². The van der Waals surface area contributed by atoms with Gasteiger partial charge in [0.2, 0.25) is 5.91 Å². The Morgan fingerprint density at radius 3 is 1.34 bits per heavy atom. The molecular formula is C47H91NO5. The third kappa shape index (κ3) is 37.3. The molecule has 0 saturated carbocycles. The van der Waals surface area contributed by atoms with Crippen molar-refractivity contribution in [1.82, 2.24) is 5.32 Å². The minimum Gasteiger partial charge on any atom is -0.462 e. The maximum absolute atomic E-state index is 13.1. The van der Waals surface area contributed by atoms with E-state index in [9.17, 15) is 19.8 Å². The number of allylic oxidation sites excluding steroid dienone is 2. The lowest BCUT2D eigenvalue weighted by atomic mass is 10.0. The van der Waals surface area contributed by atoms with Crippen molar-refractivity contribution < 1.29 is 24.5 Å². The van der Waals surface area contributed by atoms with E-state index >= 15 is 0 Å². The van der Waals surface area contributed by atoms with E-state index in [-0.39, 0.29) is 24.9 Å². The molecule has 314 valence electrons. The molecule has 0 saturated heterocycles. The van der Waals surface area contributed by atoms with Crippen LogP contribution in [-0.4, -0.2) is 46.9 Å². The smallest absolute Gasteiger partial charge is 0.306 e. The van der Waals surface area contributed by atoms with E-state index in [1.54, 1.807) is 0 Å². The van der Waals surface area contributed by atoms with Crippen LogP contribution in [0.4, 0.5) is 0 Å². The fourth-order valence-electron chi connectivity index (χ4n) is 7.25. The first-order chi connectivity index (χ1) is 26.0. The topological polar surface area (TPSA) is 95.9 Å². The molecular weight excluding hydrogens is 659 g/mol. The van der Waals surface area contributed by atoms with Crippen LogP contribution in [0.3, 0.4) is 0 Å². The summed E-state index contributed by atoms with van der Waals surface area (Å²) in [7, 11) is 0. The summed E-state index contributed by atoms with van der Waals surface area (Å²) in [6.45, 7) is 6.45. The zero-order chi connectivity index (χ0) is 38.9. The molecule has 0 heterocycles. The highest BCUT2D eigenvalue weighted by molar-refractivity contribution is 5.77. The van der Waals surface area contributed by atoms with Crippen LogP contribution in [0.5, 0.6) is 0 Å². The Morgan fingerprint density at radius 2 is 0.906 bits per heavy atom. The predicted molar refractivity (Wildman–Crippen MR) is 227 cm³/mol. The zero-order valence-electron chi connectivity index (χ0n) is 35.7. The average Bonchev–Trinajstić information content (AvgIpc) is 3.15. The van der Waals surface area contributed by atoms with Gasteiger partial charge in [-0.1, -0.05) is 200 Å². The van der Waals surface area contributed by atoms with Gasteiger partial charge in [-0.3, -0.25) is 9.59 Å². The fourth-order valence-corrected chi connectivity index (χ4v) is 7.25. The number of hydrogen-bond donors (Lipinski definition) is 3. The Balaban J connectivity index is 4.48. The Bertz CT molecular complexity index is 802. The van der Waals surface area contributed by atoms with Gasteiger partial charge in [0.15, 0.2) is 0 Å². The van der Waals surface area contributed by atoms with Crippen molar-refractivity contribution in [3.8, 4) is 0 Å². The summed E-state index contributed by atoms with van der Waals surface area (Å²) in [4.78, 5) is 25.9.